The second-order valence-corrected chi connectivity index (χ2v) is 4.86. The Balaban J connectivity index is 2.16. The van der Waals surface area contributed by atoms with Crippen molar-refractivity contribution in [3.05, 3.63) is 35.2 Å². The lowest BCUT2D eigenvalue weighted by Gasteiger charge is -2.12. The molecular weight excluding hydrogens is 247 g/mol. The van der Waals surface area contributed by atoms with Crippen LogP contribution in [0.25, 0.3) is 10.1 Å². The average Bonchev–Trinajstić information content (AvgIpc) is 2.68. The molecule has 5 heteroatoms. The van der Waals surface area contributed by atoms with Crippen LogP contribution in [0.1, 0.15) is 24.4 Å². The molecule has 0 saturated carbocycles. The maximum Gasteiger partial charge on any atom is 0.389 e. The molecule has 0 aliphatic heterocycles. The van der Waals surface area contributed by atoms with E-state index in [2.05, 4.69) is 0 Å². The van der Waals surface area contributed by atoms with E-state index in [-0.39, 0.29) is 6.42 Å². The van der Waals surface area contributed by atoms with Crippen molar-refractivity contribution in [2.75, 3.05) is 0 Å². The fourth-order valence-electron chi connectivity index (χ4n) is 1.76. The van der Waals surface area contributed by atoms with Gasteiger partial charge in [0.15, 0.2) is 0 Å². The summed E-state index contributed by atoms with van der Waals surface area (Å²) in [5, 5.41) is 2.82. The molecule has 2 N–H and O–H groups in total. The molecule has 0 fully saturated rings. The topological polar surface area (TPSA) is 26.0 Å². The van der Waals surface area contributed by atoms with Gasteiger partial charge < -0.3 is 5.73 Å². The highest BCUT2D eigenvalue weighted by molar-refractivity contribution is 7.17. The maximum atomic E-state index is 12.1. The van der Waals surface area contributed by atoms with Crippen molar-refractivity contribution in [3.8, 4) is 0 Å². The van der Waals surface area contributed by atoms with Crippen LogP contribution in [0.3, 0.4) is 0 Å². The number of hydrogen-bond donors (Lipinski definition) is 1. The van der Waals surface area contributed by atoms with Crippen molar-refractivity contribution in [1.29, 1.82) is 0 Å². The summed E-state index contributed by atoms with van der Waals surface area (Å²) in [6, 6.07) is 7.07. The molecule has 92 valence electrons. The Morgan fingerprint density at radius 3 is 2.65 bits per heavy atom. The molecule has 2 aromatic rings. The molecule has 0 bridgehead atoms. The Morgan fingerprint density at radius 2 is 1.94 bits per heavy atom. The number of thiophene rings is 1. The van der Waals surface area contributed by atoms with E-state index in [1.54, 1.807) is 0 Å². The van der Waals surface area contributed by atoms with Crippen LogP contribution in [0.15, 0.2) is 29.6 Å². The van der Waals surface area contributed by atoms with Gasteiger partial charge in [-0.15, -0.1) is 11.3 Å². The summed E-state index contributed by atoms with van der Waals surface area (Å²) in [5.41, 5.74) is 6.63. The molecule has 2 rings (SSSR count). The van der Waals surface area contributed by atoms with Crippen LogP contribution in [0.5, 0.6) is 0 Å². The highest BCUT2D eigenvalue weighted by Gasteiger charge is 2.28. The zero-order chi connectivity index (χ0) is 12.5. The van der Waals surface area contributed by atoms with Crippen molar-refractivity contribution in [3.63, 3.8) is 0 Å². The van der Waals surface area contributed by atoms with E-state index in [4.69, 9.17) is 5.73 Å². The van der Waals surface area contributed by atoms with Gasteiger partial charge in [-0.25, -0.2) is 0 Å². The molecule has 1 heterocycles. The van der Waals surface area contributed by atoms with Gasteiger partial charge in [0.05, 0.1) is 0 Å². The number of halogens is 3. The lowest BCUT2D eigenvalue weighted by atomic mass is 10.0. The van der Waals surface area contributed by atoms with Gasteiger partial charge >= 0.3 is 6.18 Å². The van der Waals surface area contributed by atoms with Crippen molar-refractivity contribution < 1.29 is 13.2 Å². The lowest BCUT2D eigenvalue weighted by molar-refractivity contribution is -0.136. The number of hydrogen-bond acceptors (Lipinski definition) is 2. The van der Waals surface area contributed by atoms with E-state index >= 15 is 0 Å². The minimum Gasteiger partial charge on any atom is -0.324 e. The minimum atomic E-state index is -4.14. The lowest BCUT2D eigenvalue weighted by Crippen LogP contribution is -2.15. The van der Waals surface area contributed by atoms with Crippen LogP contribution in [-0.4, -0.2) is 6.18 Å². The molecule has 1 aromatic carbocycles. The highest BCUT2D eigenvalue weighted by atomic mass is 32.1. The Hall–Kier alpha value is -1.07. The van der Waals surface area contributed by atoms with Gasteiger partial charge in [0.1, 0.15) is 0 Å². The maximum absolute atomic E-state index is 12.1. The smallest absolute Gasteiger partial charge is 0.324 e. The summed E-state index contributed by atoms with van der Waals surface area (Å²) in [6.07, 6.45) is -5.04. The molecule has 0 unspecified atom stereocenters. The fourth-order valence-corrected chi connectivity index (χ4v) is 2.79. The molecule has 0 radical (unpaired) electrons. The van der Waals surface area contributed by atoms with Crippen LogP contribution in [0.4, 0.5) is 13.2 Å². The number of alkyl halides is 3. The van der Waals surface area contributed by atoms with E-state index in [9.17, 15) is 13.2 Å². The van der Waals surface area contributed by atoms with E-state index in [1.165, 1.54) is 11.3 Å². The van der Waals surface area contributed by atoms with Crippen LogP contribution in [0, 0.1) is 0 Å². The first kappa shape index (κ1) is 12.4. The van der Waals surface area contributed by atoms with Gasteiger partial charge in [-0.2, -0.15) is 13.2 Å². The SMILES string of the molecule is N[C@H](CCC(F)(F)F)c1csc2ccccc12. The second-order valence-electron chi connectivity index (χ2n) is 3.95. The molecule has 0 spiro atoms. The second kappa shape index (κ2) is 4.66. The first-order chi connectivity index (χ1) is 7.97. The molecule has 1 nitrogen and oxygen atoms in total. The molecule has 1 atom stereocenters. The van der Waals surface area contributed by atoms with Gasteiger partial charge in [0.2, 0.25) is 0 Å². The summed E-state index contributed by atoms with van der Waals surface area (Å²) in [7, 11) is 0. The normalized spacial score (nSPS) is 14.1. The predicted octanol–water partition coefficient (Wildman–Crippen LogP) is 4.24. The highest BCUT2D eigenvalue weighted by Crippen LogP contribution is 2.33. The first-order valence-corrected chi connectivity index (χ1v) is 6.14. The summed E-state index contributed by atoms with van der Waals surface area (Å²) < 4.78 is 37.4. The summed E-state index contributed by atoms with van der Waals surface area (Å²) in [4.78, 5) is 0. The Labute approximate surface area is 101 Å². The Bertz CT molecular complexity index is 504. The summed E-state index contributed by atoms with van der Waals surface area (Å²) >= 11 is 1.51. The average molecular weight is 259 g/mol. The number of fused-ring (bicyclic) bond motifs is 1. The first-order valence-electron chi connectivity index (χ1n) is 5.26. The molecular formula is C12H12F3NS. The monoisotopic (exact) mass is 259 g/mol. The van der Waals surface area contributed by atoms with Gasteiger partial charge in [-0.1, -0.05) is 18.2 Å². The predicted molar refractivity (Wildman–Crippen MR) is 64.0 cm³/mol. The van der Waals surface area contributed by atoms with Gasteiger partial charge in [-0.05, 0) is 28.8 Å². The Kier molecular flexibility index (Phi) is 3.40. The summed E-state index contributed by atoms with van der Waals surface area (Å²) in [6.45, 7) is 0. The van der Waals surface area contributed by atoms with E-state index in [1.807, 2.05) is 29.6 Å². The minimum absolute atomic E-state index is 0.0653. The van der Waals surface area contributed by atoms with Crippen molar-refractivity contribution in [2.24, 2.45) is 5.73 Å². The van der Waals surface area contributed by atoms with Crippen LogP contribution >= 0.6 is 11.3 Å². The number of benzene rings is 1. The van der Waals surface area contributed by atoms with Gasteiger partial charge in [0.25, 0.3) is 0 Å². The zero-order valence-electron chi connectivity index (χ0n) is 9.00. The molecule has 0 aliphatic rings. The third-order valence-electron chi connectivity index (χ3n) is 2.65. The van der Waals surface area contributed by atoms with Gasteiger partial charge in [-0.3, -0.25) is 0 Å². The Morgan fingerprint density at radius 1 is 1.24 bits per heavy atom. The largest absolute Gasteiger partial charge is 0.389 e. The van der Waals surface area contributed by atoms with Gasteiger partial charge in [0, 0.05) is 17.2 Å². The van der Waals surface area contributed by atoms with E-state index in [0.29, 0.717) is 0 Å². The number of nitrogens with two attached hydrogens (primary N) is 1. The molecule has 1 aromatic heterocycles. The molecule has 0 saturated heterocycles. The zero-order valence-corrected chi connectivity index (χ0v) is 9.81. The van der Waals surface area contributed by atoms with Crippen LogP contribution in [0.2, 0.25) is 0 Å². The van der Waals surface area contributed by atoms with Crippen molar-refractivity contribution >= 4 is 21.4 Å². The van der Waals surface area contributed by atoms with Crippen LogP contribution < -0.4 is 5.73 Å². The molecule has 0 aliphatic carbocycles. The van der Waals surface area contributed by atoms with E-state index < -0.39 is 18.6 Å². The van der Waals surface area contributed by atoms with Crippen molar-refractivity contribution in [1.82, 2.24) is 0 Å². The third kappa shape index (κ3) is 2.98. The van der Waals surface area contributed by atoms with Crippen LogP contribution in [-0.2, 0) is 0 Å². The quantitative estimate of drug-likeness (QED) is 0.876. The standard InChI is InChI=1S/C12H12F3NS/c13-12(14,15)6-5-10(16)9-7-17-11-4-2-1-3-8(9)11/h1-4,7,10H,5-6,16H2/t10-/m1/s1. The van der Waals surface area contributed by atoms with Crippen molar-refractivity contribution in [2.45, 2.75) is 25.1 Å². The third-order valence-corrected chi connectivity index (χ3v) is 3.63. The molecule has 0 amide bonds. The summed E-state index contributed by atoms with van der Waals surface area (Å²) in [5.74, 6) is 0. The fraction of sp³-hybridized carbons (Fsp3) is 0.333. The van der Waals surface area contributed by atoms with E-state index in [0.717, 1.165) is 15.6 Å². The molecule has 17 heavy (non-hydrogen) atoms. The number of rotatable bonds is 3.